The summed E-state index contributed by atoms with van der Waals surface area (Å²) in [6, 6.07) is 0.303. The standard InChI is InChI=1S/C12H22N2O2/c1-11(2,3)16-10(15)14-9-4-5-12(6-9)7-13-8-12/h9,13H,4-8H2,1-3H3,(H,14,15)/t9-/m1/s1. The predicted octanol–water partition coefficient (Wildman–Crippen LogP) is 1.65. The second-order valence-corrected chi connectivity index (χ2v) is 6.19. The molecule has 1 aliphatic carbocycles. The fourth-order valence-corrected chi connectivity index (χ4v) is 2.60. The number of carbonyl (C=O) groups is 1. The van der Waals surface area contributed by atoms with Gasteiger partial charge in [0.1, 0.15) is 5.60 Å². The van der Waals surface area contributed by atoms with Crippen LogP contribution in [0.5, 0.6) is 0 Å². The smallest absolute Gasteiger partial charge is 0.407 e. The summed E-state index contributed by atoms with van der Waals surface area (Å²) in [5, 5.41) is 6.28. The molecule has 1 saturated heterocycles. The number of nitrogens with one attached hydrogen (secondary N) is 2. The van der Waals surface area contributed by atoms with Crippen LogP contribution in [0.25, 0.3) is 0 Å². The Labute approximate surface area is 97.1 Å². The number of hydrogen-bond donors (Lipinski definition) is 2. The summed E-state index contributed by atoms with van der Waals surface area (Å²) in [4.78, 5) is 11.6. The normalized spacial score (nSPS) is 27.6. The second-order valence-electron chi connectivity index (χ2n) is 6.19. The van der Waals surface area contributed by atoms with Crippen LogP contribution < -0.4 is 10.6 Å². The van der Waals surface area contributed by atoms with E-state index in [2.05, 4.69) is 10.6 Å². The van der Waals surface area contributed by atoms with Crippen molar-refractivity contribution in [3.05, 3.63) is 0 Å². The van der Waals surface area contributed by atoms with Crippen LogP contribution in [-0.2, 0) is 4.74 Å². The minimum absolute atomic E-state index is 0.276. The van der Waals surface area contributed by atoms with Gasteiger partial charge in [0, 0.05) is 19.1 Å². The van der Waals surface area contributed by atoms with Crippen molar-refractivity contribution >= 4 is 6.09 Å². The molecule has 1 spiro atoms. The van der Waals surface area contributed by atoms with Crippen LogP contribution in [0.3, 0.4) is 0 Å². The molecule has 0 radical (unpaired) electrons. The molecule has 4 nitrogen and oxygen atoms in total. The third-order valence-corrected chi connectivity index (χ3v) is 3.42. The molecule has 1 aliphatic heterocycles. The lowest BCUT2D eigenvalue weighted by atomic mass is 9.80. The summed E-state index contributed by atoms with van der Waals surface area (Å²) >= 11 is 0. The Kier molecular flexibility index (Phi) is 2.86. The Bertz CT molecular complexity index is 279. The molecule has 1 heterocycles. The molecular formula is C12H22N2O2. The SMILES string of the molecule is CC(C)(C)OC(=O)N[C@@H]1CCC2(CNC2)C1. The predicted molar refractivity (Wildman–Crippen MR) is 62.3 cm³/mol. The van der Waals surface area contributed by atoms with Crippen LogP contribution in [0.2, 0.25) is 0 Å². The zero-order valence-corrected chi connectivity index (χ0v) is 10.4. The van der Waals surface area contributed by atoms with Crippen LogP contribution >= 0.6 is 0 Å². The third kappa shape index (κ3) is 2.67. The van der Waals surface area contributed by atoms with Crippen LogP contribution in [-0.4, -0.2) is 30.8 Å². The number of alkyl carbamates (subject to hydrolysis) is 1. The summed E-state index contributed by atoms with van der Waals surface area (Å²) in [6.07, 6.45) is 3.13. The highest BCUT2D eigenvalue weighted by Gasteiger charge is 2.44. The minimum Gasteiger partial charge on any atom is -0.444 e. The molecule has 16 heavy (non-hydrogen) atoms. The largest absolute Gasteiger partial charge is 0.444 e. The molecule has 0 aromatic heterocycles. The number of ether oxygens (including phenoxy) is 1. The van der Waals surface area contributed by atoms with Gasteiger partial charge >= 0.3 is 6.09 Å². The topological polar surface area (TPSA) is 50.4 Å². The Hall–Kier alpha value is -0.770. The maximum atomic E-state index is 11.6. The molecule has 0 aromatic rings. The van der Waals surface area contributed by atoms with Gasteiger partial charge in [-0.2, -0.15) is 0 Å². The zero-order valence-electron chi connectivity index (χ0n) is 10.4. The van der Waals surface area contributed by atoms with E-state index in [-0.39, 0.29) is 6.09 Å². The van der Waals surface area contributed by atoms with Crippen molar-refractivity contribution in [1.29, 1.82) is 0 Å². The third-order valence-electron chi connectivity index (χ3n) is 3.42. The lowest BCUT2D eigenvalue weighted by Gasteiger charge is -2.39. The van der Waals surface area contributed by atoms with Crippen molar-refractivity contribution < 1.29 is 9.53 Å². The molecule has 0 aromatic carbocycles. The molecule has 2 aliphatic rings. The molecule has 0 unspecified atom stereocenters. The van der Waals surface area contributed by atoms with Gasteiger partial charge in [0.2, 0.25) is 0 Å². The van der Waals surface area contributed by atoms with Crippen molar-refractivity contribution in [1.82, 2.24) is 10.6 Å². The van der Waals surface area contributed by atoms with Gasteiger partial charge in [-0.25, -0.2) is 4.79 Å². The van der Waals surface area contributed by atoms with Crippen molar-refractivity contribution in [2.75, 3.05) is 13.1 Å². The maximum absolute atomic E-state index is 11.6. The first-order valence-corrected chi connectivity index (χ1v) is 6.09. The van der Waals surface area contributed by atoms with E-state index in [1.54, 1.807) is 0 Å². The van der Waals surface area contributed by atoms with E-state index in [1.807, 2.05) is 20.8 Å². The lowest BCUT2D eigenvalue weighted by Crippen LogP contribution is -2.52. The molecule has 1 atom stereocenters. The zero-order chi connectivity index (χ0) is 11.8. The van der Waals surface area contributed by atoms with Gasteiger partial charge in [-0.15, -0.1) is 0 Å². The molecule has 2 rings (SSSR count). The molecule has 1 saturated carbocycles. The van der Waals surface area contributed by atoms with Crippen LogP contribution in [0.1, 0.15) is 40.0 Å². The quantitative estimate of drug-likeness (QED) is 0.715. The summed E-state index contributed by atoms with van der Waals surface area (Å²) in [5.41, 5.74) is 0.0675. The molecule has 1 amide bonds. The average Bonchev–Trinajstić information content (AvgIpc) is 2.43. The first-order chi connectivity index (χ1) is 7.39. The van der Waals surface area contributed by atoms with E-state index in [1.165, 1.54) is 6.42 Å². The van der Waals surface area contributed by atoms with E-state index in [4.69, 9.17) is 4.74 Å². The lowest BCUT2D eigenvalue weighted by molar-refractivity contribution is 0.0499. The Morgan fingerprint density at radius 1 is 1.44 bits per heavy atom. The van der Waals surface area contributed by atoms with E-state index >= 15 is 0 Å². The number of amides is 1. The van der Waals surface area contributed by atoms with Crippen LogP contribution in [0.15, 0.2) is 0 Å². The molecule has 4 heteroatoms. The Morgan fingerprint density at radius 2 is 2.12 bits per heavy atom. The molecular weight excluding hydrogens is 204 g/mol. The average molecular weight is 226 g/mol. The summed E-state index contributed by atoms with van der Waals surface area (Å²) < 4.78 is 5.25. The Balaban J connectivity index is 1.76. The second kappa shape index (κ2) is 3.91. The van der Waals surface area contributed by atoms with E-state index < -0.39 is 5.60 Å². The van der Waals surface area contributed by atoms with Crippen molar-refractivity contribution in [3.8, 4) is 0 Å². The van der Waals surface area contributed by atoms with Gasteiger partial charge in [-0.1, -0.05) is 0 Å². The Morgan fingerprint density at radius 3 is 2.56 bits per heavy atom. The maximum Gasteiger partial charge on any atom is 0.407 e. The van der Waals surface area contributed by atoms with Crippen LogP contribution in [0.4, 0.5) is 4.79 Å². The van der Waals surface area contributed by atoms with E-state index in [0.29, 0.717) is 11.5 Å². The van der Waals surface area contributed by atoms with Gasteiger partial charge in [0.25, 0.3) is 0 Å². The van der Waals surface area contributed by atoms with Gasteiger partial charge in [0.15, 0.2) is 0 Å². The molecule has 2 fully saturated rings. The summed E-state index contributed by atoms with van der Waals surface area (Å²) in [5.74, 6) is 0. The monoisotopic (exact) mass is 226 g/mol. The molecule has 92 valence electrons. The van der Waals surface area contributed by atoms with Gasteiger partial charge < -0.3 is 15.4 Å². The summed E-state index contributed by atoms with van der Waals surface area (Å²) in [6.45, 7) is 7.88. The summed E-state index contributed by atoms with van der Waals surface area (Å²) in [7, 11) is 0. The highest BCUT2D eigenvalue weighted by atomic mass is 16.6. The first kappa shape index (κ1) is 11.7. The van der Waals surface area contributed by atoms with Crippen molar-refractivity contribution in [2.24, 2.45) is 5.41 Å². The highest BCUT2D eigenvalue weighted by molar-refractivity contribution is 5.68. The highest BCUT2D eigenvalue weighted by Crippen LogP contribution is 2.41. The number of rotatable bonds is 1. The van der Waals surface area contributed by atoms with Gasteiger partial charge in [-0.3, -0.25) is 0 Å². The molecule has 0 bridgehead atoms. The van der Waals surface area contributed by atoms with Gasteiger partial charge in [-0.05, 0) is 45.4 Å². The number of carbonyl (C=O) groups excluding carboxylic acids is 1. The first-order valence-electron chi connectivity index (χ1n) is 6.09. The van der Waals surface area contributed by atoms with Gasteiger partial charge in [0.05, 0.1) is 0 Å². The van der Waals surface area contributed by atoms with Crippen LogP contribution in [0, 0.1) is 5.41 Å². The number of hydrogen-bond acceptors (Lipinski definition) is 3. The fraction of sp³-hybridized carbons (Fsp3) is 0.917. The molecule has 2 N–H and O–H groups in total. The van der Waals surface area contributed by atoms with Crippen molar-refractivity contribution in [3.63, 3.8) is 0 Å². The fourth-order valence-electron chi connectivity index (χ4n) is 2.60. The van der Waals surface area contributed by atoms with Crippen molar-refractivity contribution in [2.45, 2.75) is 51.7 Å². The van der Waals surface area contributed by atoms with E-state index in [0.717, 1.165) is 25.9 Å². The minimum atomic E-state index is -0.404. The van der Waals surface area contributed by atoms with E-state index in [9.17, 15) is 4.79 Å².